The van der Waals surface area contributed by atoms with Gasteiger partial charge in [-0.1, -0.05) is 18.2 Å². The van der Waals surface area contributed by atoms with Crippen LogP contribution >= 0.6 is 0 Å². The molecule has 40 heavy (non-hydrogen) atoms. The van der Waals surface area contributed by atoms with E-state index < -0.39 is 34.0 Å². The molecule has 0 unspecified atom stereocenters. The largest absolute Gasteiger partial charge is 0.494 e. The van der Waals surface area contributed by atoms with E-state index in [1.807, 2.05) is 6.92 Å². The van der Waals surface area contributed by atoms with Crippen LogP contribution in [0.1, 0.15) is 33.3 Å². The molecule has 0 spiro atoms. The summed E-state index contributed by atoms with van der Waals surface area (Å²) in [5, 5.41) is 3.94. The van der Waals surface area contributed by atoms with E-state index in [4.69, 9.17) is 14.2 Å². The Balaban J connectivity index is 1.63. The van der Waals surface area contributed by atoms with Gasteiger partial charge in [0.25, 0.3) is 15.9 Å². The molecule has 0 fully saturated rings. The van der Waals surface area contributed by atoms with Crippen LogP contribution in [0, 0.1) is 0 Å². The van der Waals surface area contributed by atoms with E-state index in [0.29, 0.717) is 29.4 Å². The number of carbonyl (C=O) groups is 2. The number of sulfonamides is 1. The highest BCUT2D eigenvalue weighted by Gasteiger charge is 2.27. The van der Waals surface area contributed by atoms with Gasteiger partial charge in [0.2, 0.25) is 0 Å². The lowest BCUT2D eigenvalue weighted by molar-refractivity contribution is -0.157. The highest BCUT2D eigenvalue weighted by Crippen LogP contribution is 2.25. The number of benzene rings is 3. The van der Waals surface area contributed by atoms with E-state index in [2.05, 4.69) is 10.5 Å². The fourth-order valence-electron chi connectivity index (χ4n) is 3.42. The SMILES string of the molecule is CCOc1ccc(S(=O)(=O)N(CC(=O)N/N=C\c2ccc(OCC(=O)OC(C)(C)C)cc2)c2ccccc2)cc1. The summed E-state index contributed by atoms with van der Waals surface area (Å²) >= 11 is 0. The Hall–Kier alpha value is -4.38. The Bertz CT molecular complexity index is 1400. The van der Waals surface area contributed by atoms with Crippen molar-refractivity contribution in [1.29, 1.82) is 0 Å². The second-order valence-electron chi connectivity index (χ2n) is 9.49. The summed E-state index contributed by atoms with van der Waals surface area (Å²) in [6.45, 7) is 6.90. The predicted molar refractivity (Wildman–Crippen MR) is 152 cm³/mol. The summed E-state index contributed by atoms with van der Waals surface area (Å²) in [6, 6.07) is 21.0. The van der Waals surface area contributed by atoms with Crippen LogP contribution in [0.2, 0.25) is 0 Å². The van der Waals surface area contributed by atoms with Crippen LogP contribution in [0.3, 0.4) is 0 Å². The highest BCUT2D eigenvalue weighted by molar-refractivity contribution is 7.92. The molecule has 11 heteroatoms. The number of rotatable bonds is 12. The Morgan fingerprint density at radius 3 is 2.10 bits per heavy atom. The summed E-state index contributed by atoms with van der Waals surface area (Å²) in [4.78, 5) is 24.5. The number of nitrogens with zero attached hydrogens (tertiary/aromatic N) is 2. The van der Waals surface area contributed by atoms with E-state index in [9.17, 15) is 18.0 Å². The molecule has 1 amide bonds. The predicted octanol–water partition coefficient (Wildman–Crippen LogP) is 4.15. The molecule has 3 rings (SSSR count). The highest BCUT2D eigenvalue weighted by atomic mass is 32.2. The third-order valence-electron chi connectivity index (χ3n) is 5.11. The van der Waals surface area contributed by atoms with Crippen LogP contribution in [-0.2, 0) is 24.3 Å². The molecule has 0 atom stereocenters. The van der Waals surface area contributed by atoms with Gasteiger partial charge >= 0.3 is 5.97 Å². The molecule has 3 aromatic carbocycles. The summed E-state index contributed by atoms with van der Waals surface area (Å²) in [7, 11) is -4.07. The number of para-hydroxylation sites is 1. The third-order valence-corrected chi connectivity index (χ3v) is 6.90. The molecule has 0 radical (unpaired) electrons. The molecule has 1 N–H and O–H groups in total. The molecule has 3 aromatic rings. The van der Waals surface area contributed by atoms with Gasteiger partial charge in [-0.2, -0.15) is 5.10 Å². The lowest BCUT2D eigenvalue weighted by atomic mass is 10.2. The van der Waals surface area contributed by atoms with E-state index in [1.165, 1.54) is 18.3 Å². The van der Waals surface area contributed by atoms with Gasteiger partial charge in [-0.05, 0) is 93.9 Å². The number of ether oxygens (including phenoxy) is 3. The number of hydrazone groups is 1. The van der Waals surface area contributed by atoms with Crippen molar-refractivity contribution in [2.24, 2.45) is 5.10 Å². The van der Waals surface area contributed by atoms with Gasteiger partial charge < -0.3 is 14.2 Å². The molecule has 0 aliphatic carbocycles. The number of hydrogen-bond acceptors (Lipinski definition) is 8. The molecular weight excluding hydrogens is 534 g/mol. The zero-order valence-electron chi connectivity index (χ0n) is 22.9. The fourth-order valence-corrected chi connectivity index (χ4v) is 4.84. The van der Waals surface area contributed by atoms with Crippen molar-refractivity contribution in [3.8, 4) is 11.5 Å². The standard InChI is InChI=1S/C29H33N3O7S/c1-5-37-24-15-17-26(18-16-24)40(35,36)32(23-9-7-6-8-10-23)20-27(33)31-30-19-22-11-13-25(14-12-22)38-21-28(34)39-29(2,3)4/h6-19H,5,20-21H2,1-4H3,(H,31,33)/b30-19-. The normalized spacial score (nSPS) is 11.6. The minimum absolute atomic E-state index is 0.0186. The van der Waals surface area contributed by atoms with Crippen molar-refractivity contribution < 1.29 is 32.2 Å². The van der Waals surface area contributed by atoms with E-state index in [-0.39, 0.29) is 11.5 Å². The second kappa shape index (κ2) is 13.6. The number of hydrogen-bond donors (Lipinski definition) is 1. The van der Waals surface area contributed by atoms with E-state index in [1.54, 1.807) is 87.5 Å². The maximum atomic E-state index is 13.5. The summed E-state index contributed by atoms with van der Waals surface area (Å²) in [5.41, 5.74) is 2.75. The van der Waals surface area contributed by atoms with Gasteiger partial charge in [0.1, 0.15) is 23.6 Å². The van der Waals surface area contributed by atoms with Crippen LogP contribution in [-0.4, -0.2) is 51.9 Å². The van der Waals surface area contributed by atoms with Gasteiger partial charge in [0.05, 0.1) is 23.4 Å². The van der Waals surface area contributed by atoms with Crippen molar-refractivity contribution in [3.63, 3.8) is 0 Å². The minimum Gasteiger partial charge on any atom is -0.494 e. The fraction of sp³-hybridized carbons (Fsp3) is 0.276. The van der Waals surface area contributed by atoms with Crippen molar-refractivity contribution in [3.05, 3.63) is 84.4 Å². The number of nitrogens with one attached hydrogen (secondary N) is 1. The topological polar surface area (TPSA) is 124 Å². The molecule has 0 aromatic heterocycles. The molecule has 10 nitrogen and oxygen atoms in total. The third kappa shape index (κ3) is 9.12. The first-order chi connectivity index (χ1) is 19.0. The lowest BCUT2D eigenvalue weighted by Gasteiger charge is -2.23. The molecule has 212 valence electrons. The molecular formula is C29H33N3O7S. The molecule has 0 aliphatic heterocycles. The van der Waals surface area contributed by atoms with Gasteiger partial charge in [0, 0.05) is 0 Å². The molecule has 0 bridgehead atoms. The lowest BCUT2D eigenvalue weighted by Crippen LogP contribution is -2.39. The minimum atomic E-state index is -4.07. The van der Waals surface area contributed by atoms with Gasteiger partial charge in [-0.3, -0.25) is 9.10 Å². The first-order valence-electron chi connectivity index (χ1n) is 12.6. The molecule has 0 aliphatic rings. The zero-order valence-corrected chi connectivity index (χ0v) is 23.7. The van der Waals surface area contributed by atoms with Crippen LogP contribution in [0.25, 0.3) is 0 Å². The van der Waals surface area contributed by atoms with Crippen molar-refractivity contribution >= 4 is 33.8 Å². The monoisotopic (exact) mass is 567 g/mol. The maximum absolute atomic E-state index is 13.5. The van der Waals surface area contributed by atoms with E-state index >= 15 is 0 Å². The number of anilines is 1. The Kier molecular flexibility index (Phi) is 10.3. The second-order valence-corrected chi connectivity index (χ2v) is 11.4. The first kappa shape index (κ1) is 30.2. The maximum Gasteiger partial charge on any atom is 0.344 e. The van der Waals surface area contributed by atoms with Crippen LogP contribution < -0.4 is 19.2 Å². The van der Waals surface area contributed by atoms with Crippen molar-refractivity contribution in [1.82, 2.24) is 5.43 Å². The Morgan fingerprint density at radius 2 is 1.50 bits per heavy atom. The van der Waals surface area contributed by atoms with Gasteiger partial charge in [-0.25, -0.2) is 18.6 Å². The molecule has 0 heterocycles. The van der Waals surface area contributed by atoms with Crippen LogP contribution in [0.4, 0.5) is 5.69 Å². The van der Waals surface area contributed by atoms with Gasteiger partial charge in [0.15, 0.2) is 6.61 Å². The number of esters is 1. The molecule has 0 saturated heterocycles. The summed E-state index contributed by atoms with van der Waals surface area (Å²) in [6.07, 6.45) is 1.41. The number of carbonyl (C=O) groups excluding carboxylic acids is 2. The van der Waals surface area contributed by atoms with Crippen molar-refractivity contribution in [2.75, 3.05) is 24.1 Å². The molecule has 0 saturated carbocycles. The average molecular weight is 568 g/mol. The zero-order chi connectivity index (χ0) is 29.2. The van der Waals surface area contributed by atoms with Gasteiger partial charge in [-0.15, -0.1) is 0 Å². The van der Waals surface area contributed by atoms with E-state index in [0.717, 1.165) is 4.31 Å². The van der Waals surface area contributed by atoms with Crippen LogP contribution in [0.5, 0.6) is 11.5 Å². The van der Waals surface area contributed by atoms with Crippen LogP contribution in [0.15, 0.2) is 88.9 Å². The first-order valence-corrected chi connectivity index (χ1v) is 14.0. The summed E-state index contributed by atoms with van der Waals surface area (Å²) < 4.78 is 43.9. The number of amides is 1. The Morgan fingerprint density at radius 1 is 0.900 bits per heavy atom. The quantitative estimate of drug-likeness (QED) is 0.198. The van der Waals surface area contributed by atoms with Crippen molar-refractivity contribution in [2.45, 2.75) is 38.2 Å². The smallest absolute Gasteiger partial charge is 0.344 e. The average Bonchev–Trinajstić information content (AvgIpc) is 2.91. The Labute approximate surface area is 234 Å². The summed E-state index contributed by atoms with van der Waals surface area (Å²) in [5.74, 6) is -0.102.